The molecule has 44 heavy (non-hydrogen) atoms. The van der Waals surface area contributed by atoms with E-state index in [0.29, 0.717) is 5.75 Å². The summed E-state index contributed by atoms with van der Waals surface area (Å²) < 4.78 is 0. The smallest absolute Gasteiger partial charge is 0.326 e. The molecule has 0 aliphatic heterocycles. The molecule has 0 aliphatic carbocycles. The van der Waals surface area contributed by atoms with Crippen LogP contribution in [0.5, 0.6) is 0 Å². The molecule has 0 fully saturated rings. The van der Waals surface area contributed by atoms with Crippen LogP contribution in [-0.4, -0.2) is 74.9 Å². The van der Waals surface area contributed by atoms with E-state index >= 15 is 0 Å². The highest BCUT2D eigenvalue weighted by Crippen LogP contribution is 2.21. The molecule has 2 aromatic carbocycles. The van der Waals surface area contributed by atoms with Crippen molar-refractivity contribution in [3.05, 3.63) is 72.1 Å². The van der Waals surface area contributed by atoms with E-state index in [9.17, 15) is 24.3 Å². The van der Waals surface area contributed by atoms with Crippen LogP contribution in [0.4, 0.5) is 0 Å². The number of aliphatic carboxylic acids is 1. The van der Waals surface area contributed by atoms with Gasteiger partial charge in [0.2, 0.25) is 17.7 Å². The van der Waals surface area contributed by atoms with Gasteiger partial charge in [0.05, 0.1) is 6.04 Å². The molecule has 0 aliphatic rings. The number of carbonyl (C=O) groups excluding carboxylic acids is 3. The van der Waals surface area contributed by atoms with E-state index in [0.717, 1.165) is 32.9 Å². The summed E-state index contributed by atoms with van der Waals surface area (Å²) in [6.07, 6.45) is 5.87. The number of para-hydroxylation sites is 2. The first-order chi connectivity index (χ1) is 21.1. The Kier molecular flexibility index (Phi) is 11.1. The Balaban J connectivity index is 1.64. The number of nitrogens with one attached hydrogen (secondary N) is 5. The number of aromatic nitrogens is 2. The molecule has 0 radical (unpaired) electrons. The van der Waals surface area contributed by atoms with Crippen LogP contribution >= 0.6 is 11.8 Å². The van der Waals surface area contributed by atoms with Gasteiger partial charge in [-0.1, -0.05) is 50.2 Å². The average molecular weight is 621 g/mol. The normalized spacial score (nSPS) is 14.2. The number of hydrogen-bond donors (Lipinski definition) is 7. The third-order valence-electron chi connectivity index (χ3n) is 7.71. The van der Waals surface area contributed by atoms with Gasteiger partial charge in [-0.3, -0.25) is 14.4 Å². The summed E-state index contributed by atoms with van der Waals surface area (Å²) in [6, 6.07) is 11.0. The molecule has 4 aromatic rings. The predicted octanol–water partition coefficient (Wildman–Crippen LogP) is 2.71. The van der Waals surface area contributed by atoms with Crippen molar-refractivity contribution in [3.63, 3.8) is 0 Å². The van der Waals surface area contributed by atoms with E-state index in [2.05, 4.69) is 25.9 Å². The molecule has 0 saturated heterocycles. The zero-order valence-electron chi connectivity index (χ0n) is 25.1. The monoisotopic (exact) mass is 620 g/mol. The molecule has 0 saturated carbocycles. The van der Waals surface area contributed by atoms with Gasteiger partial charge in [-0.15, -0.1) is 0 Å². The molecular formula is C32H40N6O5S. The average Bonchev–Trinajstić information content (AvgIpc) is 3.61. The molecule has 234 valence electrons. The zero-order chi connectivity index (χ0) is 31.8. The predicted molar refractivity (Wildman–Crippen MR) is 173 cm³/mol. The minimum absolute atomic E-state index is 0.0930. The molecule has 2 aromatic heterocycles. The van der Waals surface area contributed by atoms with E-state index < -0.39 is 47.9 Å². The number of benzene rings is 2. The fraction of sp³-hybridized carbons (Fsp3) is 0.375. The highest BCUT2D eigenvalue weighted by Gasteiger charge is 2.32. The van der Waals surface area contributed by atoms with Gasteiger partial charge in [0.1, 0.15) is 18.1 Å². The van der Waals surface area contributed by atoms with Gasteiger partial charge in [-0.05, 0) is 47.6 Å². The number of carboxylic acid groups (broad SMARTS) is 1. The molecular weight excluding hydrogens is 580 g/mol. The molecule has 11 nitrogen and oxygen atoms in total. The zero-order valence-corrected chi connectivity index (χ0v) is 25.9. The number of nitrogens with two attached hydrogens (primary N) is 1. The van der Waals surface area contributed by atoms with Gasteiger partial charge in [0.15, 0.2) is 0 Å². The molecule has 2 heterocycles. The molecule has 12 heteroatoms. The third-order valence-corrected chi connectivity index (χ3v) is 8.35. The molecule has 4 unspecified atom stereocenters. The quantitative estimate of drug-likeness (QED) is 0.107. The summed E-state index contributed by atoms with van der Waals surface area (Å²) in [5, 5.41) is 19.8. The fourth-order valence-electron chi connectivity index (χ4n) is 5.07. The minimum atomic E-state index is -1.16. The third kappa shape index (κ3) is 8.00. The van der Waals surface area contributed by atoms with E-state index in [-0.39, 0.29) is 25.2 Å². The van der Waals surface area contributed by atoms with Gasteiger partial charge in [-0.2, -0.15) is 11.8 Å². The SMILES string of the molecule is CSCCC(NC(=O)C(Cc1c[nH]c2ccccc12)NC(=O)C(Cc1c[nH]c2ccccc12)NC(=O)C(N)C(C)C)C(=O)O. The van der Waals surface area contributed by atoms with Crippen LogP contribution in [0.15, 0.2) is 60.9 Å². The van der Waals surface area contributed by atoms with Gasteiger partial charge in [0, 0.05) is 47.0 Å². The second-order valence-corrected chi connectivity index (χ2v) is 12.2. The van der Waals surface area contributed by atoms with E-state index in [1.807, 2.05) is 68.6 Å². The number of thioether (sulfide) groups is 1. The molecule has 3 amide bonds. The summed E-state index contributed by atoms with van der Waals surface area (Å²) in [5.74, 6) is -2.49. The Morgan fingerprint density at radius 2 is 1.23 bits per heavy atom. The van der Waals surface area contributed by atoms with Gasteiger partial charge in [0.25, 0.3) is 0 Å². The maximum atomic E-state index is 13.9. The van der Waals surface area contributed by atoms with Crippen LogP contribution in [0.2, 0.25) is 0 Å². The number of fused-ring (bicyclic) bond motifs is 2. The largest absolute Gasteiger partial charge is 0.480 e. The van der Waals surface area contributed by atoms with Gasteiger partial charge < -0.3 is 36.8 Å². The van der Waals surface area contributed by atoms with Crippen LogP contribution in [0.3, 0.4) is 0 Å². The first-order valence-electron chi connectivity index (χ1n) is 14.6. The standard InChI is InChI=1S/C32H40N6O5S/c1-18(2)28(33)31(41)38-27(15-20-17-35-24-11-7-5-9-22(20)24)30(40)37-26(29(39)36-25(32(42)43)12-13-44-3)14-19-16-34-23-10-6-4-8-21(19)23/h4-11,16-18,25-28,34-35H,12-15,33H2,1-3H3,(H,36,39)(H,37,40)(H,38,41)(H,42,43). The summed E-state index contributed by atoms with van der Waals surface area (Å²) in [4.78, 5) is 58.9. The van der Waals surface area contributed by atoms with E-state index in [1.54, 1.807) is 12.4 Å². The first-order valence-corrected chi connectivity index (χ1v) is 16.0. The Labute approximate surface area is 260 Å². The lowest BCUT2D eigenvalue weighted by Crippen LogP contribution is -2.58. The van der Waals surface area contributed by atoms with E-state index in [1.165, 1.54) is 11.8 Å². The fourth-order valence-corrected chi connectivity index (χ4v) is 5.54. The lowest BCUT2D eigenvalue weighted by atomic mass is 10.00. The second kappa shape index (κ2) is 14.9. The lowest BCUT2D eigenvalue weighted by molar-refractivity contribution is -0.142. The van der Waals surface area contributed by atoms with Crippen molar-refractivity contribution in [1.29, 1.82) is 0 Å². The van der Waals surface area contributed by atoms with Crippen LogP contribution < -0.4 is 21.7 Å². The number of hydrogen-bond acceptors (Lipinski definition) is 6. The van der Waals surface area contributed by atoms with Crippen LogP contribution in [0.25, 0.3) is 21.8 Å². The number of rotatable bonds is 15. The molecule has 8 N–H and O–H groups in total. The van der Waals surface area contributed by atoms with Crippen molar-refractivity contribution < 1.29 is 24.3 Å². The number of amides is 3. The van der Waals surface area contributed by atoms with Crippen LogP contribution in [0.1, 0.15) is 31.4 Å². The highest BCUT2D eigenvalue weighted by atomic mass is 32.2. The Bertz CT molecular complexity index is 1610. The number of carboxylic acids is 1. The maximum Gasteiger partial charge on any atom is 0.326 e. The van der Waals surface area contributed by atoms with Gasteiger partial charge >= 0.3 is 5.97 Å². The molecule has 0 spiro atoms. The maximum absolute atomic E-state index is 13.9. The van der Waals surface area contributed by atoms with Crippen LogP contribution in [-0.2, 0) is 32.0 Å². The Morgan fingerprint density at radius 1 is 0.773 bits per heavy atom. The number of carbonyl (C=O) groups is 4. The van der Waals surface area contributed by atoms with Crippen LogP contribution in [0, 0.1) is 5.92 Å². The second-order valence-electron chi connectivity index (χ2n) is 11.2. The Morgan fingerprint density at radius 3 is 1.68 bits per heavy atom. The minimum Gasteiger partial charge on any atom is -0.480 e. The van der Waals surface area contributed by atoms with Crippen molar-refractivity contribution in [2.24, 2.45) is 11.7 Å². The van der Waals surface area contributed by atoms with E-state index in [4.69, 9.17) is 5.73 Å². The topological polar surface area (TPSA) is 182 Å². The van der Waals surface area contributed by atoms with Gasteiger partial charge in [-0.25, -0.2) is 4.79 Å². The number of H-pyrrole nitrogens is 2. The van der Waals surface area contributed by atoms with Crippen molar-refractivity contribution in [2.75, 3.05) is 12.0 Å². The summed E-state index contributed by atoms with van der Waals surface area (Å²) in [7, 11) is 0. The van der Waals surface area contributed by atoms with Crippen molar-refractivity contribution in [1.82, 2.24) is 25.9 Å². The Hall–Kier alpha value is -4.29. The summed E-state index contributed by atoms with van der Waals surface area (Å²) >= 11 is 1.47. The first kappa shape index (κ1) is 32.6. The lowest BCUT2D eigenvalue weighted by Gasteiger charge is -2.26. The van der Waals surface area contributed by atoms with Crippen molar-refractivity contribution >= 4 is 57.3 Å². The number of aromatic amines is 2. The molecule has 0 bridgehead atoms. The summed E-state index contributed by atoms with van der Waals surface area (Å²) in [6.45, 7) is 3.63. The van der Waals surface area contributed by atoms with Crippen molar-refractivity contribution in [3.8, 4) is 0 Å². The molecule has 4 atom stereocenters. The highest BCUT2D eigenvalue weighted by molar-refractivity contribution is 7.98. The molecule has 4 rings (SSSR count). The van der Waals surface area contributed by atoms with Crippen molar-refractivity contribution in [2.45, 2.75) is 57.3 Å². The summed E-state index contributed by atoms with van der Waals surface area (Å²) in [5.41, 5.74) is 9.44.